The zero-order valence-electron chi connectivity index (χ0n) is 33.7. The fraction of sp³-hybridized carbons (Fsp3) is 0.200. The minimum Gasteiger partial charge on any atom is -0.545 e. The maximum Gasteiger partial charge on any atom is 1.00 e. The fourth-order valence-corrected chi connectivity index (χ4v) is 6.93. The number of ketones is 1. The summed E-state index contributed by atoms with van der Waals surface area (Å²) in [5.41, 5.74) is 1.23. The molecule has 0 amide bonds. The Kier molecular flexibility index (Phi) is 19.0. The quantitative estimate of drug-likeness (QED) is 0.0490. The molecule has 2 aliphatic carbocycles. The summed E-state index contributed by atoms with van der Waals surface area (Å²) in [4.78, 5) is 71.2. The van der Waals surface area contributed by atoms with Crippen LogP contribution in [0.25, 0.3) is 18.2 Å². The molecule has 3 N–H and O–H groups in total. The SMILES string of the molecule is CC12CCC(/C(=C\c3ccc(Nc4nc(Nc5ccc(C=C(C(=O)[O-])C(=O)[O-])cc5)nc(Nc5ccc(C=C(C(=O)[O-])C(=O)[O-])cc5)n4)cc3)C1=O)C2(C)C.[Na+].[Na+].[Na+].[Na+]. The van der Waals surface area contributed by atoms with Gasteiger partial charge in [0.2, 0.25) is 17.8 Å². The first-order valence-electron chi connectivity index (χ1n) is 17.0. The van der Waals surface area contributed by atoms with Crippen LogP contribution in [0.4, 0.5) is 34.9 Å². The van der Waals surface area contributed by atoms with Crippen LogP contribution in [0.1, 0.15) is 50.3 Å². The zero-order chi connectivity index (χ0) is 39.7. The monoisotopic (exact) mass is 832 g/mol. The number of hydrogen-bond acceptors (Lipinski definition) is 15. The van der Waals surface area contributed by atoms with Crippen LogP contribution < -0.4 is 155 Å². The Balaban J connectivity index is 0.00000300. The number of carboxylic acid groups (broad SMARTS) is 4. The largest absolute Gasteiger partial charge is 1.00 e. The molecule has 2 bridgehead atoms. The number of carbonyl (C=O) groups is 5. The van der Waals surface area contributed by atoms with Crippen LogP contribution in [0.2, 0.25) is 0 Å². The van der Waals surface area contributed by atoms with E-state index in [-0.39, 0.29) is 170 Å². The van der Waals surface area contributed by atoms with Crippen molar-refractivity contribution in [1.29, 1.82) is 0 Å². The molecule has 2 aliphatic rings. The minimum absolute atomic E-state index is 0. The van der Waals surface area contributed by atoms with Crippen LogP contribution >= 0.6 is 0 Å². The van der Waals surface area contributed by atoms with Gasteiger partial charge in [-0.15, -0.1) is 0 Å². The molecule has 2 saturated carbocycles. The number of aromatic nitrogens is 3. The summed E-state index contributed by atoms with van der Waals surface area (Å²) in [6.07, 6.45) is 5.64. The smallest absolute Gasteiger partial charge is 0.545 e. The van der Waals surface area contributed by atoms with Crippen molar-refractivity contribution in [2.75, 3.05) is 16.0 Å². The third-order valence-electron chi connectivity index (χ3n) is 10.3. The first kappa shape index (κ1) is 52.0. The molecule has 3 aromatic carbocycles. The van der Waals surface area contributed by atoms with E-state index in [0.717, 1.165) is 36.1 Å². The number of aliphatic carboxylic acids is 4. The molecule has 15 nitrogen and oxygen atoms in total. The Morgan fingerprint density at radius 2 is 0.898 bits per heavy atom. The average Bonchev–Trinajstić information content (AvgIpc) is 3.44. The Bertz CT molecular complexity index is 2200. The molecule has 59 heavy (non-hydrogen) atoms. The zero-order valence-corrected chi connectivity index (χ0v) is 41.7. The third-order valence-corrected chi connectivity index (χ3v) is 10.3. The van der Waals surface area contributed by atoms with Crippen molar-refractivity contribution in [2.24, 2.45) is 16.7 Å². The number of hydrogen-bond donors (Lipinski definition) is 3. The van der Waals surface area contributed by atoms with Gasteiger partial charge < -0.3 is 55.6 Å². The van der Waals surface area contributed by atoms with Crippen molar-refractivity contribution in [2.45, 2.75) is 33.6 Å². The molecule has 1 heterocycles. The molecule has 2 atom stereocenters. The maximum atomic E-state index is 13.3. The molecule has 2 fully saturated rings. The van der Waals surface area contributed by atoms with Gasteiger partial charge in [-0.05, 0) is 101 Å². The summed E-state index contributed by atoms with van der Waals surface area (Å²) in [5.74, 6) is -6.91. The van der Waals surface area contributed by atoms with E-state index in [1.807, 2.05) is 30.3 Å². The van der Waals surface area contributed by atoms with E-state index in [1.54, 1.807) is 0 Å². The summed E-state index contributed by atoms with van der Waals surface area (Å²) >= 11 is 0. The molecule has 0 radical (unpaired) electrons. The van der Waals surface area contributed by atoms with Crippen molar-refractivity contribution in [1.82, 2.24) is 15.0 Å². The Hall–Kier alpha value is -3.16. The van der Waals surface area contributed by atoms with Gasteiger partial charge in [0.05, 0.1) is 23.9 Å². The number of Topliss-reactive ketones (excluding diaryl/α,β-unsaturated/α-hetero) is 1. The average molecular weight is 833 g/mol. The second-order valence-electron chi connectivity index (χ2n) is 13.9. The number of anilines is 6. The third kappa shape index (κ3) is 11.8. The number of fused-ring (bicyclic) bond motifs is 2. The van der Waals surface area contributed by atoms with Gasteiger partial charge in [-0.2, -0.15) is 15.0 Å². The Labute approximate surface area is 427 Å². The summed E-state index contributed by atoms with van der Waals surface area (Å²) in [5, 5.41) is 53.7. The van der Waals surface area contributed by atoms with E-state index in [0.29, 0.717) is 17.1 Å². The molecular formula is C40H32N6Na4O9. The summed E-state index contributed by atoms with van der Waals surface area (Å²) < 4.78 is 0. The number of nitrogens with one attached hydrogen (secondary N) is 3. The van der Waals surface area contributed by atoms with Crippen molar-refractivity contribution in [3.63, 3.8) is 0 Å². The second kappa shape index (κ2) is 21.6. The van der Waals surface area contributed by atoms with Crippen LogP contribution in [-0.2, 0) is 24.0 Å². The van der Waals surface area contributed by atoms with Gasteiger partial charge in [-0.25, -0.2) is 0 Å². The van der Waals surface area contributed by atoms with Gasteiger partial charge in [0.15, 0.2) is 5.78 Å². The van der Waals surface area contributed by atoms with Gasteiger partial charge in [0.1, 0.15) is 0 Å². The van der Waals surface area contributed by atoms with E-state index in [9.17, 15) is 44.4 Å². The van der Waals surface area contributed by atoms with Gasteiger partial charge >= 0.3 is 118 Å². The number of allylic oxidation sites excluding steroid dienone is 1. The number of carbonyl (C=O) groups excluding carboxylic acids is 5. The molecular weight excluding hydrogens is 800 g/mol. The van der Waals surface area contributed by atoms with E-state index in [2.05, 4.69) is 51.7 Å². The van der Waals surface area contributed by atoms with Gasteiger partial charge in [-0.1, -0.05) is 57.2 Å². The molecule has 6 rings (SSSR count). The molecule has 280 valence electrons. The first-order chi connectivity index (χ1) is 26.0. The van der Waals surface area contributed by atoms with Crippen molar-refractivity contribution >= 4 is 82.8 Å². The second-order valence-corrected chi connectivity index (χ2v) is 13.9. The van der Waals surface area contributed by atoms with E-state index >= 15 is 0 Å². The molecule has 4 aromatic rings. The van der Waals surface area contributed by atoms with Crippen LogP contribution in [0.15, 0.2) is 89.5 Å². The van der Waals surface area contributed by atoms with Crippen LogP contribution in [0.3, 0.4) is 0 Å². The van der Waals surface area contributed by atoms with Crippen molar-refractivity contribution < 1.29 is 163 Å². The number of carboxylic acids is 4. The summed E-state index contributed by atoms with van der Waals surface area (Å²) in [6.45, 7) is 6.40. The predicted molar refractivity (Wildman–Crippen MR) is 193 cm³/mol. The van der Waals surface area contributed by atoms with Gasteiger partial charge in [0, 0.05) is 33.6 Å². The number of rotatable bonds is 13. The summed E-state index contributed by atoms with van der Waals surface area (Å²) in [6, 6.07) is 19.4. The van der Waals surface area contributed by atoms with E-state index in [1.165, 1.54) is 48.5 Å². The minimum atomic E-state index is -1.89. The fourth-order valence-electron chi connectivity index (χ4n) is 6.93. The molecule has 0 spiro atoms. The maximum absolute atomic E-state index is 13.3. The predicted octanol–water partition coefficient (Wildman–Crippen LogP) is -10.7. The molecule has 19 heteroatoms. The van der Waals surface area contributed by atoms with Crippen molar-refractivity contribution in [3.8, 4) is 0 Å². The number of nitrogens with zero attached hydrogens (tertiary/aromatic N) is 3. The van der Waals surface area contributed by atoms with Crippen LogP contribution in [0, 0.1) is 16.7 Å². The van der Waals surface area contributed by atoms with Crippen LogP contribution in [0.5, 0.6) is 0 Å². The molecule has 0 aliphatic heterocycles. The molecule has 2 unspecified atom stereocenters. The molecule has 0 saturated heterocycles. The first-order valence-corrected chi connectivity index (χ1v) is 17.0. The standard InChI is InChI=1S/C40H36N6O9.4Na/c1-39(2)30-16-17-40(39,3)31(47)27(30)18-21-4-10-24(11-5-21)41-36-44-37(42-25-12-6-22(7-13-25)19-28(32(48)49)33(50)51)46-38(45-36)43-26-14-8-23(9-15-26)20-29(34(52)53)35(54)55;;;;/h4-15,18-20,30H,16-17H2,1-3H3,(H,48,49)(H,50,51)(H,52,53)(H,54,55)(H3,41,42,43,44,45,46);;;;/q;4*+1/p-4/b27-18+;;;;. The van der Waals surface area contributed by atoms with E-state index in [4.69, 9.17) is 0 Å². The Morgan fingerprint density at radius 1 is 0.576 bits per heavy atom. The number of benzene rings is 3. The van der Waals surface area contributed by atoms with Crippen LogP contribution in [-0.4, -0.2) is 44.6 Å². The molecule has 1 aromatic heterocycles. The van der Waals surface area contributed by atoms with E-state index < -0.39 is 35.0 Å². The van der Waals surface area contributed by atoms with Crippen molar-refractivity contribution in [3.05, 3.63) is 106 Å². The van der Waals surface area contributed by atoms with Gasteiger partial charge in [0.25, 0.3) is 0 Å². The summed E-state index contributed by atoms with van der Waals surface area (Å²) in [7, 11) is 0. The topological polar surface area (TPSA) is 252 Å². The normalized spacial score (nSPS) is 17.4. The Morgan fingerprint density at radius 3 is 1.19 bits per heavy atom. The van der Waals surface area contributed by atoms with Gasteiger partial charge in [-0.3, -0.25) is 4.79 Å².